The summed E-state index contributed by atoms with van der Waals surface area (Å²) in [5.41, 5.74) is 1.08. The molecule has 0 spiro atoms. The van der Waals surface area contributed by atoms with E-state index in [2.05, 4.69) is 5.32 Å². The number of hydrogen-bond acceptors (Lipinski definition) is 5. The highest BCUT2D eigenvalue weighted by atomic mass is 16.6. The molecule has 0 atom stereocenters. The Kier molecular flexibility index (Phi) is 6.87. The third-order valence-electron chi connectivity index (χ3n) is 3.62. The number of benzene rings is 2. The average Bonchev–Trinajstić information content (AvgIpc) is 2.63. The maximum Gasteiger partial charge on any atom is 0.407 e. The Bertz CT molecular complexity index is 824. The molecule has 0 fully saturated rings. The quantitative estimate of drug-likeness (QED) is 0.699. The van der Waals surface area contributed by atoms with Crippen LogP contribution in [0.5, 0.6) is 11.5 Å². The number of rotatable bonds is 7. The molecule has 0 bridgehead atoms. The first-order valence-electron chi connectivity index (χ1n) is 8.80. The van der Waals surface area contributed by atoms with Crippen LogP contribution in [0.3, 0.4) is 0 Å². The molecule has 2 rings (SSSR count). The Morgan fingerprint density at radius 1 is 1.00 bits per heavy atom. The first-order chi connectivity index (χ1) is 13.2. The van der Waals surface area contributed by atoms with E-state index in [9.17, 15) is 14.7 Å². The van der Waals surface area contributed by atoms with Crippen molar-refractivity contribution in [3.05, 3.63) is 48.0 Å². The molecular formula is C21H25NO6. The summed E-state index contributed by atoms with van der Waals surface area (Å²) in [4.78, 5) is 23.1. The van der Waals surface area contributed by atoms with Gasteiger partial charge in [-0.1, -0.05) is 12.1 Å². The third-order valence-corrected chi connectivity index (χ3v) is 3.62. The zero-order valence-corrected chi connectivity index (χ0v) is 16.4. The van der Waals surface area contributed by atoms with Gasteiger partial charge < -0.3 is 24.6 Å². The van der Waals surface area contributed by atoms with E-state index in [-0.39, 0.29) is 18.7 Å². The van der Waals surface area contributed by atoms with Crippen molar-refractivity contribution in [2.75, 3.05) is 20.3 Å². The van der Waals surface area contributed by atoms with Gasteiger partial charge >= 0.3 is 12.1 Å². The van der Waals surface area contributed by atoms with E-state index in [0.717, 1.165) is 5.56 Å². The molecule has 0 saturated heterocycles. The summed E-state index contributed by atoms with van der Waals surface area (Å²) in [6.45, 7) is 5.73. The van der Waals surface area contributed by atoms with Crippen LogP contribution in [0.1, 0.15) is 31.1 Å². The number of carboxylic acid groups (broad SMARTS) is 1. The van der Waals surface area contributed by atoms with Gasteiger partial charge in [0.1, 0.15) is 23.7 Å². The summed E-state index contributed by atoms with van der Waals surface area (Å²) in [5.74, 6) is 0.0617. The molecule has 28 heavy (non-hydrogen) atoms. The molecule has 0 aliphatic rings. The van der Waals surface area contributed by atoms with Gasteiger partial charge in [-0.25, -0.2) is 9.59 Å². The van der Waals surface area contributed by atoms with E-state index in [0.29, 0.717) is 17.1 Å². The van der Waals surface area contributed by atoms with Crippen molar-refractivity contribution < 1.29 is 28.9 Å². The molecule has 0 saturated carbocycles. The number of ether oxygens (including phenoxy) is 3. The number of carbonyl (C=O) groups excluding carboxylic acids is 1. The lowest BCUT2D eigenvalue weighted by molar-refractivity contribution is 0.0520. The molecule has 0 aliphatic heterocycles. The molecule has 7 nitrogen and oxygen atoms in total. The van der Waals surface area contributed by atoms with E-state index in [1.54, 1.807) is 52.1 Å². The average molecular weight is 387 g/mol. The molecular weight excluding hydrogens is 362 g/mol. The van der Waals surface area contributed by atoms with Crippen LogP contribution in [-0.4, -0.2) is 43.0 Å². The second kappa shape index (κ2) is 9.12. The Hall–Kier alpha value is -3.22. The minimum Gasteiger partial charge on any atom is -0.497 e. The highest BCUT2D eigenvalue weighted by Crippen LogP contribution is 2.28. The monoisotopic (exact) mass is 387 g/mol. The molecule has 0 radical (unpaired) electrons. The summed E-state index contributed by atoms with van der Waals surface area (Å²) >= 11 is 0. The van der Waals surface area contributed by atoms with Crippen molar-refractivity contribution >= 4 is 12.1 Å². The predicted molar refractivity (Wildman–Crippen MR) is 105 cm³/mol. The fourth-order valence-electron chi connectivity index (χ4n) is 2.39. The number of nitrogens with one attached hydrogen (secondary N) is 1. The highest BCUT2D eigenvalue weighted by Gasteiger charge is 2.15. The molecule has 0 heterocycles. The SMILES string of the molecule is COc1ccc(-c2cc(OCCNC(=O)OC(C)(C)C)cc(C(=O)O)c2)cc1. The van der Waals surface area contributed by atoms with Crippen molar-refractivity contribution in [2.24, 2.45) is 0 Å². The summed E-state index contributed by atoms with van der Waals surface area (Å²) in [6.07, 6.45) is -0.533. The van der Waals surface area contributed by atoms with Crippen LogP contribution in [0.4, 0.5) is 4.79 Å². The van der Waals surface area contributed by atoms with Crippen molar-refractivity contribution in [2.45, 2.75) is 26.4 Å². The van der Waals surface area contributed by atoms with E-state index in [4.69, 9.17) is 14.2 Å². The van der Waals surface area contributed by atoms with Gasteiger partial charge in [0.25, 0.3) is 0 Å². The Labute approximate surface area is 164 Å². The van der Waals surface area contributed by atoms with Crippen molar-refractivity contribution in [3.8, 4) is 22.6 Å². The number of aromatic carboxylic acids is 1. The third kappa shape index (κ3) is 6.50. The van der Waals surface area contributed by atoms with Crippen molar-refractivity contribution in [1.29, 1.82) is 0 Å². The van der Waals surface area contributed by atoms with Gasteiger partial charge in [0.05, 0.1) is 19.2 Å². The number of amides is 1. The summed E-state index contributed by atoms with van der Waals surface area (Å²) < 4.78 is 15.9. The molecule has 0 unspecified atom stereocenters. The van der Waals surface area contributed by atoms with Gasteiger partial charge in [-0.2, -0.15) is 0 Å². The van der Waals surface area contributed by atoms with E-state index in [1.165, 1.54) is 6.07 Å². The highest BCUT2D eigenvalue weighted by molar-refractivity contribution is 5.90. The van der Waals surface area contributed by atoms with Crippen LogP contribution >= 0.6 is 0 Å². The van der Waals surface area contributed by atoms with Crippen LogP contribution in [0.25, 0.3) is 11.1 Å². The molecule has 2 aromatic rings. The Morgan fingerprint density at radius 3 is 2.25 bits per heavy atom. The maximum absolute atomic E-state index is 11.6. The summed E-state index contributed by atoms with van der Waals surface area (Å²) in [7, 11) is 1.58. The summed E-state index contributed by atoms with van der Waals surface area (Å²) in [6, 6.07) is 12.1. The largest absolute Gasteiger partial charge is 0.497 e. The number of carboxylic acids is 1. The van der Waals surface area contributed by atoms with Gasteiger partial charge in [0.2, 0.25) is 0 Å². The second-order valence-electron chi connectivity index (χ2n) is 7.06. The first-order valence-corrected chi connectivity index (χ1v) is 8.80. The molecule has 2 N–H and O–H groups in total. The number of methoxy groups -OCH3 is 1. The standard InChI is InChI=1S/C21H25NO6/c1-21(2,3)28-20(25)22-9-10-27-18-12-15(11-16(13-18)19(23)24)14-5-7-17(26-4)8-6-14/h5-8,11-13H,9-10H2,1-4H3,(H,22,25)(H,23,24). The normalized spacial score (nSPS) is 10.9. The van der Waals surface area contributed by atoms with Gasteiger partial charge in [0, 0.05) is 0 Å². The number of hydrogen-bond donors (Lipinski definition) is 2. The molecule has 7 heteroatoms. The lowest BCUT2D eigenvalue weighted by atomic mass is 10.0. The van der Waals surface area contributed by atoms with Crippen LogP contribution < -0.4 is 14.8 Å². The van der Waals surface area contributed by atoms with E-state index in [1.807, 2.05) is 12.1 Å². The zero-order valence-electron chi connectivity index (χ0n) is 16.4. The van der Waals surface area contributed by atoms with Gasteiger partial charge in [-0.15, -0.1) is 0 Å². The van der Waals surface area contributed by atoms with Crippen molar-refractivity contribution in [1.82, 2.24) is 5.32 Å². The zero-order chi connectivity index (χ0) is 20.7. The minimum atomic E-state index is -1.05. The first kappa shape index (κ1) is 21.1. The molecule has 150 valence electrons. The second-order valence-corrected chi connectivity index (χ2v) is 7.06. The Balaban J connectivity index is 2.06. The fraction of sp³-hybridized carbons (Fsp3) is 0.333. The van der Waals surface area contributed by atoms with Crippen LogP contribution in [0.15, 0.2) is 42.5 Å². The van der Waals surface area contributed by atoms with Crippen LogP contribution in [0.2, 0.25) is 0 Å². The van der Waals surface area contributed by atoms with Crippen LogP contribution in [-0.2, 0) is 4.74 Å². The predicted octanol–water partition coefficient (Wildman–Crippen LogP) is 3.96. The molecule has 1 amide bonds. The molecule has 0 aliphatic carbocycles. The van der Waals surface area contributed by atoms with Gasteiger partial charge in [-0.3, -0.25) is 0 Å². The smallest absolute Gasteiger partial charge is 0.407 e. The van der Waals surface area contributed by atoms with Gasteiger partial charge in [-0.05, 0) is 62.2 Å². The molecule has 2 aromatic carbocycles. The summed E-state index contributed by atoms with van der Waals surface area (Å²) in [5, 5.41) is 12.0. The maximum atomic E-state index is 11.6. The van der Waals surface area contributed by atoms with E-state index < -0.39 is 17.7 Å². The minimum absolute atomic E-state index is 0.114. The van der Waals surface area contributed by atoms with Crippen molar-refractivity contribution in [3.63, 3.8) is 0 Å². The van der Waals surface area contributed by atoms with Gasteiger partial charge in [0.15, 0.2) is 0 Å². The fourth-order valence-corrected chi connectivity index (χ4v) is 2.39. The van der Waals surface area contributed by atoms with Crippen LogP contribution in [0, 0.1) is 0 Å². The topological polar surface area (TPSA) is 94.1 Å². The molecule has 0 aromatic heterocycles. The lowest BCUT2D eigenvalue weighted by Gasteiger charge is -2.19. The Morgan fingerprint density at radius 2 is 1.68 bits per heavy atom. The number of carbonyl (C=O) groups is 2. The van der Waals surface area contributed by atoms with E-state index >= 15 is 0 Å². The lowest BCUT2D eigenvalue weighted by Crippen LogP contribution is -2.34. The number of alkyl carbamates (subject to hydrolysis) is 1.